The van der Waals surface area contributed by atoms with Crippen molar-refractivity contribution in [2.24, 2.45) is 0 Å². The summed E-state index contributed by atoms with van der Waals surface area (Å²) < 4.78 is 11.0. The minimum absolute atomic E-state index is 0.123. The first-order valence-corrected chi connectivity index (χ1v) is 11.6. The number of hydrogen-bond donors (Lipinski definition) is 2. The van der Waals surface area contributed by atoms with Gasteiger partial charge in [-0.05, 0) is 44.8 Å². The van der Waals surface area contributed by atoms with E-state index in [4.69, 9.17) is 9.47 Å². The van der Waals surface area contributed by atoms with Gasteiger partial charge < -0.3 is 24.7 Å². The number of nitrogens with zero attached hydrogens (tertiary/aromatic N) is 3. The molecule has 33 heavy (non-hydrogen) atoms. The third-order valence-electron chi connectivity index (χ3n) is 6.48. The molecule has 0 amide bonds. The maximum atomic E-state index is 11.9. The lowest BCUT2D eigenvalue weighted by atomic mass is 10.0. The number of H-pyrrole nitrogens is 1. The van der Waals surface area contributed by atoms with Crippen molar-refractivity contribution in [1.82, 2.24) is 25.2 Å². The molecule has 4 rings (SSSR count). The van der Waals surface area contributed by atoms with Crippen molar-refractivity contribution < 1.29 is 9.47 Å². The lowest BCUT2D eigenvalue weighted by Crippen LogP contribution is -2.43. The minimum Gasteiger partial charge on any atom is -0.496 e. The van der Waals surface area contributed by atoms with E-state index in [1.807, 2.05) is 12.3 Å². The molecule has 0 aliphatic carbocycles. The van der Waals surface area contributed by atoms with Crippen LogP contribution in [-0.2, 0) is 19.4 Å². The van der Waals surface area contributed by atoms with E-state index < -0.39 is 0 Å². The van der Waals surface area contributed by atoms with E-state index >= 15 is 0 Å². The highest BCUT2D eigenvalue weighted by molar-refractivity contribution is 5.79. The van der Waals surface area contributed by atoms with Gasteiger partial charge >= 0.3 is 0 Å². The monoisotopic (exact) mass is 451 g/mol. The van der Waals surface area contributed by atoms with Crippen LogP contribution in [0.5, 0.6) is 11.5 Å². The van der Waals surface area contributed by atoms with E-state index in [1.165, 1.54) is 6.07 Å². The number of pyridine rings is 3. The normalized spacial score (nSPS) is 15.1. The molecule has 0 atom stereocenters. The third kappa shape index (κ3) is 5.51. The van der Waals surface area contributed by atoms with Crippen LogP contribution in [0.25, 0.3) is 11.0 Å². The Morgan fingerprint density at radius 1 is 1.12 bits per heavy atom. The van der Waals surface area contributed by atoms with Gasteiger partial charge in [-0.3, -0.25) is 14.8 Å². The number of rotatable bonds is 9. The number of fused-ring (bicyclic) bond motifs is 1. The van der Waals surface area contributed by atoms with Gasteiger partial charge in [0.2, 0.25) is 5.56 Å². The van der Waals surface area contributed by atoms with Crippen LogP contribution in [0.4, 0.5) is 0 Å². The van der Waals surface area contributed by atoms with Crippen LogP contribution in [-0.4, -0.2) is 59.7 Å². The summed E-state index contributed by atoms with van der Waals surface area (Å²) in [7, 11) is 3.36. The SMILES string of the molecule is CCc1cnc(CNC2CCN(CCc3c(OC)cnc4ccc(=O)[nH]c34)CC2)cc1OC. The Kier molecular flexibility index (Phi) is 7.57. The Morgan fingerprint density at radius 2 is 1.91 bits per heavy atom. The Balaban J connectivity index is 1.31. The molecular weight excluding hydrogens is 418 g/mol. The summed E-state index contributed by atoms with van der Waals surface area (Å²) in [5, 5.41) is 3.66. The van der Waals surface area contributed by atoms with Gasteiger partial charge in [0.05, 0.1) is 37.1 Å². The summed E-state index contributed by atoms with van der Waals surface area (Å²) in [6.07, 6.45) is 7.56. The van der Waals surface area contributed by atoms with Crippen LogP contribution in [0.2, 0.25) is 0 Å². The molecule has 3 aromatic rings. The maximum Gasteiger partial charge on any atom is 0.248 e. The predicted molar refractivity (Wildman–Crippen MR) is 129 cm³/mol. The topological polar surface area (TPSA) is 92.4 Å². The first-order chi connectivity index (χ1) is 16.1. The molecule has 0 aromatic carbocycles. The molecule has 8 heteroatoms. The fourth-order valence-electron chi connectivity index (χ4n) is 4.50. The van der Waals surface area contributed by atoms with Crippen LogP contribution in [0.1, 0.15) is 36.6 Å². The third-order valence-corrected chi connectivity index (χ3v) is 6.48. The van der Waals surface area contributed by atoms with E-state index in [0.717, 1.165) is 91.2 Å². The number of aromatic amines is 1. The molecule has 1 fully saturated rings. The number of ether oxygens (including phenoxy) is 2. The van der Waals surface area contributed by atoms with Gasteiger partial charge in [-0.25, -0.2) is 0 Å². The van der Waals surface area contributed by atoms with Crippen molar-refractivity contribution in [3.63, 3.8) is 0 Å². The molecule has 176 valence electrons. The molecule has 4 heterocycles. The molecule has 1 saturated heterocycles. The lowest BCUT2D eigenvalue weighted by Gasteiger charge is -2.32. The van der Waals surface area contributed by atoms with Crippen molar-refractivity contribution in [2.75, 3.05) is 33.9 Å². The number of methoxy groups -OCH3 is 2. The van der Waals surface area contributed by atoms with E-state index in [9.17, 15) is 4.79 Å². The second-order valence-electron chi connectivity index (χ2n) is 8.48. The fourth-order valence-corrected chi connectivity index (χ4v) is 4.50. The van der Waals surface area contributed by atoms with Crippen molar-refractivity contribution in [1.29, 1.82) is 0 Å². The Hall–Kier alpha value is -2.97. The molecular formula is C25H33N5O3. The number of hydrogen-bond acceptors (Lipinski definition) is 7. The van der Waals surface area contributed by atoms with Gasteiger partial charge in [-0.15, -0.1) is 0 Å². The van der Waals surface area contributed by atoms with Crippen LogP contribution in [0.15, 0.2) is 35.4 Å². The number of aromatic nitrogens is 3. The van der Waals surface area contributed by atoms with E-state index in [-0.39, 0.29) is 5.56 Å². The molecule has 1 aliphatic rings. The average molecular weight is 452 g/mol. The Labute approximate surface area is 194 Å². The summed E-state index contributed by atoms with van der Waals surface area (Å²) in [5.74, 6) is 1.64. The number of piperidine rings is 1. The van der Waals surface area contributed by atoms with Crippen molar-refractivity contribution in [2.45, 2.75) is 45.2 Å². The summed E-state index contributed by atoms with van der Waals surface area (Å²) in [4.78, 5) is 26.2. The predicted octanol–water partition coefficient (Wildman–Crippen LogP) is 2.69. The smallest absolute Gasteiger partial charge is 0.248 e. The van der Waals surface area contributed by atoms with Gasteiger partial charge in [-0.2, -0.15) is 0 Å². The highest BCUT2D eigenvalue weighted by Crippen LogP contribution is 2.25. The zero-order valence-electron chi connectivity index (χ0n) is 19.7. The highest BCUT2D eigenvalue weighted by atomic mass is 16.5. The first-order valence-electron chi connectivity index (χ1n) is 11.6. The van der Waals surface area contributed by atoms with Gasteiger partial charge in [0.15, 0.2) is 0 Å². The van der Waals surface area contributed by atoms with Gasteiger partial charge in [0.25, 0.3) is 0 Å². The maximum absolute atomic E-state index is 11.9. The van der Waals surface area contributed by atoms with Gasteiger partial charge in [-0.1, -0.05) is 6.92 Å². The molecule has 0 bridgehead atoms. The molecule has 0 unspecified atom stereocenters. The number of aryl methyl sites for hydroxylation is 1. The largest absolute Gasteiger partial charge is 0.496 e. The van der Waals surface area contributed by atoms with Crippen LogP contribution in [0.3, 0.4) is 0 Å². The quantitative estimate of drug-likeness (QED) is 0.517. The van der Waals surface area contributed by atoms with Crippen molar-refractivity contribution >= 4 is 11.0 Å². The summed E-state index contributed by atoms with van der Waals surface area (Å²) in [6, 6.07) is 5.78. The van der Waals surface area contributed by atoms with E-state index in [2.05, 4.69) is 32.1 Å². The highest BCUT2D eigenvalue weighted by Gasteiger charge is 2.20. The molecule has 0 spiro atoms. The molecule has 3 aromatic heterocycles. The second-order valence-corrected chi connectivity index (χ2v) is 8.48. The number of likely N-dealkylation sites (tertiary alicyclic amines) is 1. The van der Waals surface area contributed by atoms with Crippen molar-refractivity contribution in [3.05, 3.63) is 57.8 Å². The summed E-state index contributed by atoms with van der Waals surface area (Å²) in [5.41, 5.74) is 4.59. The lowest BCUT2D eigenvalue weighted by molar-refractivity contribution is 0.198. The Morgan fingerprint density at radius 3 is 2.64 bits per heavy atom. The van der Waals surface area contributed by atoms with Crippen LogP contribution >= 0.6 is 0 Å². The number of nitrogens with one attached hydrogen (secondary N) is 2. The van der Waals surface area contributed by atoms with E-state index in [0.29, 0.717) is 6.04 Å². The zero-order valence-corrected chi connectivity index (χ0v) is 19.7. The molecule has 8 nitrogen and oxygen atoms in total. The summed E-state index contributed by atoms with van der Waals surface area (Å²) in [6.45, 7) is 5.84. The molecule has 0 radical (unpaired) electrons. The Bertz CT molecular complexity index is 1140. The van der Waals surface area contributed by atoms with Crippen LogP contribution in [0, 0.1) is 0 Å². The molecule has 2 N–H and O–H groups in total. The first kappa shape index (κ1) is 23.2. The average Bonchev–Trinajstić information content (AvgIpc) is 2.86. The standard InChI is InChI=1S/C25H33N5O3/c1-4-17-14-26-19(13-22(17)32-2)15-27-18-7-10-30(11-8-18)12-9-20-23(33-3)16-28-21-5-6-24(31)29-25(20)21/h5-6,13-14,16,18,27H,4,7-12,15H2,1-3H3,(H,29,31). The van der Waals surface area contributed by atoms with Crippen molar-refractivity contribution in [3.8, 4) is 11.5 Å². The van der Waals surface area contributed by atoms with Gasteiger partial charge in [0.1, 0.15) is 11.5 Å². The zero-order chi connectivity index (χ0) is 23.2. The van der Waals surface area contributed by atoms with E-state index in [1.54, 1.807) is 26.5 Å². The van der Waals surface area contributed by atoms with Gasteiger partial charge in [0, 0.05) is 48.6 Å². The molecule has 0 saturated carbocycles. The van der Waals surface area contributed by atoms with Crippen LogP contribution < -0.4 is 20.3 Å². The fraction of sp³-hybridized carbons (Fsp3) is 0.480. The second kappa shape index (κ2) is 10.8. The summed E-state index contributed by atoms with van der Waals surface area (Å²) >= 11 is 0. The minimum atomic E-state index is -0.123. The molecule has 1 aliphatic heterocycles.